The Morgan fingerprint density at radius 1 is 0.946 bits per heavy atom. The number of aliphatic hydroxyl groups is 1. The fraction of sp³-hybridized carbons (Fsp3) is 0.310. The minimum atomic E-state index is -1.05. The van der Waals surface area contributed by atoms with Crippen molar-refractivity contribution >= 4 is 17.5 Å². The zero-order chi connectivity index (χ0) is 26.9. The lowest BCUT2D eigenvalue weighted by Gasteiger charge is -2.25. The summed E-state index contributed by atoms with van der Waals surface area (Å²) in [6.07, 6.45) is -0.124. The maximum Gasteiger partial charge on any atom is 0.251 e. The summed E-state index contributed by atoms with van der Waals surface area (Å²) in [7, 11) is 0. The fourth-order valence-corrected chi connectivity index (χ4v) is 4.07. The predicted octanol–water partition coefficient (Wildman–Crippen LogP) is 4.29. The quantitative estimate of drug-likeness (QED) is 0.311. The van der Waals surface area contributed by atoms with Gasteiger partial charge in [0.1, 0.15) is 11.6 Å². The molecule has 0 heterocycles. The van der Waals surface area contributed by atoms with E-state index in [-0.39, 0.29) is 24.4 Å². The molecular weight excluding hydrogens is 476 g/mol. The molecule has 0 radical (unpaired) electrons. The van der Waals surface area contributed by atoms with Crippen LogP contribution >= 0.6 is 0 Å². The first-order valence-electron chi connectivity index (χ1n) is 12.2. The highest BCUT2D eigenvalue weighted by molar-refractivity contribution is 5.97. The van der Waals surface area contributed by atoms with Crippen molar-refractivity contribution in [1.29, 1.82) is 0 Å². The first-order valence-corrected chi connectivity index (χ1v) is 12.2. The largest absolute Gasteiger partial charge is 0.390 e. The van der Waals surface area contributed by atoms with Crippen LogP contribution in [0.25, 0.3) is 0 Å². The lowest BCUT2D eigenvalue weighted by atomic mass is 9.99. The first kappa shape index (κ1) is 28.0. The highest BCUT2D eigenvalue weighted by atomic mass is 19.1. The third-order valence-corrected chi connectivity index (χ3v) is 6.05. The predicted molar refractivity (Wildman–Crippen MR) is 140 cm³/mol. The molecule has 3 aromatic carbocycles. The number of amides is 2. The van der Waals surface area contributed by atoms with E-state index in [1.54, 1.807) is 25.1 Å². The molecule has 3 rings (SSSR count). The molecule has 0 fully saturated rings. The number of nitrogens with one attached hydrogen (secondary N) is 3. The summed E-state index contributed by atoms with van der Waals surface area (Å²) in [4.78, 5) is 24.6. The lowest BCUT2D eigenvalue weighted by molar-refractivity contribution is -0.114. The van der Waals surface area contributed by atoms with Gasteiger partial charge in [-0.1, -0.05) is 37.3 Å². The van der Waals surface area contributed by atoms with Gasteiger partial charge in [-0.25, -0.2) is 8.78 Å². The lowest BCUT2D eigenvalue weighted by Crippen LogP contribution is -2.48. The third kappa shape index (κ3) is 8.48. The molecule has 0 unspecified atom stereocenters. The van der Waals surface area contributed by atoms with Crippen molar-refractivity contribution < 1.29 is 23.5 Å². The van der Waals surface area contributed by atoms with Crippen LogP contribution in [0.5, 0.6) is 0 Å². The molecule has 2 atom stereocenters. The number of benzene rings is 3. The number of aliphatic hydroxyl groups excluding tert-OH is 1. The molecular formula is C29H33F2N3O3. The van der Waals surface area contributed by atoms with Crippen LogP contribution in [0.15, 0.2) is 60.7 Å². The van der Waals surface area contributed by atoms with Gasteiger partial charge in [0.05, 0.1) is 12.1 Å². The molecule has 0 aliphatic rings. The Bertz CT molecular complexity index is 1230. The van der Waals surface area contributed by atoms with Gasteiger partial charge in [0, 0.05) is 37.3 Å². The SMILES string of the molecule is CCc1cccc(CNC[C@H](O)[C@H](Cc2cc(F)cc(F)c2)NC(=O)c2ccc(C)c(NC(C)=O)c2)c1. The fourth-order valence-electron chi connectivity index (χ4n) is 4.07. The molecule has 2 amide bonds. The Kier molecular flexibility index (Phi) is 9.88. The van der Waals surface area contributed by atoms with Gasteiger partial charge < -0.3 is 21.1 Å². The molecule has 0 saturated heterocycles. The molecule has 3 aromatic rings. The van der Waals surface area contributed by atoms with Crippen molar-refractivity contribution in [3.8, 4) is 0 Å². The molecule has 6 nitrogen and oxygen atoms in total. The standard InChI is InChI=1S/C29H33F2N3O3/c1-4-20-6-5-7-21(10-20)16-32-17-28(36)27(13-22-11-24(30)15-25(31)12-22)34-29(37)23-9-8-18(2)26(14-23)33-19(3)35/h5-12,14-15,27-28,32,36H,4,13,16-17H2,1-3H3,(H,33,35)(H,34,37)/t27-,28-/m0/s1. The van der Waals surface area contributed by atoms with Gasteiger partial charge in [-0.2, -0.15) is 0 Å². The summed E-state index contributed by atoms with van der Waals surface area (Å²) in [5.74, 6) is -2.22. The normalized spacial score (nSPS) is 12.6. The van der Waals surface area contributed by atoms with Crippen LogP contribution in [0.1, 0.15) is 46.5 Å². The van der Waals surface area contributed by atoms with Gasteiger partial charge in [-0.05, 0) is 66.3 Å². The molecule has 0 bridgehead atoms. The van der Waals surface area contributed by atoms with E-state index in [1.165, 1.54) is 24.6 Å². The van der Waals surface area contributed by atoms with Crippen LogP contribution in [0.4, 0.5) is 14.5 Å². The summed E-state index contributed by atoms with van der Waals surface area (Å²) in [5.41, 5.74) is 4.14. The number of rotatable bonds is 11. The minimum Gasteiger partial charge on any atom is -0.390 e. The molecule has 0 spiro atoms. The zero-order valence-corrected chi connectivity index (χ0v) is 21.3. The van der Waals surface area contributed by atoms with E-state index in [1.807, 2.05) is 18.2 Å². The second-order valence-corrected chi connectivity index (χ2v) is 9.14. The van der Waals surface area contributed by atoms with E-state index in [0.717, 1.165) is 23.6 Å². The Balaban J connectivity index is 1.75. The summed E-state index contributed by atoms with van der Waals surface area (Å²) >= 11 is 0. The van der Waals surface area contributed by atoms with Gasteiger partial charge in [0.15, 0.2) is 0 Å². The van der Waals surface area contributed by atoms with Crippen molar-refractivity contribution in [1.82, 2.24) is 10.6 Å². The Hall–Kier alpha value is -3.62. The van der Waals surface area contributed by atoms with Crippen LogP contribution in [0, 0.1) is 18.6 Å². The van der Waals surface area contributed by atoms with Gasteiger partial charge in [0.25, 0.3) is 5.91 Å². The van der Waals surface area contributed by atoms with Crippen LogP contribution < -0.4 is 16.0 Å². The van der Waals surface area contributed by atoms with E-state index >= 15 is 0 Å². The summed E-state index contributed by atoms with van der Waals surface area (Å²) in [6, 6.07) is 15.3. The minimum absolute atomic E-state index is 0.0129. The molecule has 0 aliphatic heterocycles. The Labute approximate surface area is 216 Å². The number of hydrogen-bond donors (Lipinski definition) is 4. The van der Waals surface area contributed by atoms with Crippen LogP contribution in [-0.4, -0.2) is 35.6 Å². The van der Waals surface area contributed by atoms with E-state index in [0.29, 0.717) is 17.8 Å². The average Bonchev–Trinajstić information content (AvgIpc) is 2.84. The maximum absolute atomic E-state index is 13.8. The Morgan fingerprint density at radius 3 is 2.32 bits per heavy atom. The number of aryl methyl sites for hydroxylation is 2. The topological polar surface area (TPSA) is 90.5 Å². The van der Waals surface area contributed by atoms with Gasteiger partial charge in [0.2, 0.25) is 5.91 Å². The van der Waals surface area contributed by atoms with Crippen LogP contribution in [0.2, 0.25) is 0 Å². The maximum atomic E-state index is 13.8. The first-order chi connectivity index (χ1) is 17.6. The molecule has 0 saturated carbocycles. The number of anilines is 1. The molecule has 196 valence electrons. The third-order valence-electron chi connectivity index (χ3n) is 6.05. The van der Waals surface area contributed by atoms with Crippen molar-refractivity contribution in [3.63, 3.8) is 0 Å². The van der Waals surface area contributed by atoms with Crippen molar-refractivity contribution in [2.75, 3.05) is 11.9 Å². The van der Waals surface area contributed by atoms with E-state index in [9.17, 15) is 23.5 Å². The van der Waals surface area contributed by atoms with E-state index in [4.69, 9.17) is 0 Å². The van der Waals surface area contributed by atoms with Gasteiger partial charge in [-0.3, -0.25) is 9.59 Å². The van der Waals surface area contributed by atoms with Gasteiger partial charge >= 0.3 is 0 Å². The molecule has 0 aliphatic carbocycles. The molecule has 37 heavy (non-hydrogen) atoms. The number of hydrogen-bond acceptors (Lipinski definition) is 4. The van der Waals surface area contributed by atoms with E-state index in [2.05, 4.69) is 28.9 Å². The monoisotopic (exact) mass is 509 g/mol. The summed E-state index contributed by atoms with van der Waals surface area (Å²) < 4.78 is 27.6. The summed E-state index contributed by atoms with van der Waals surface area (Å²) in [6.45, 7) is 5.91. The number of carbonyl (C=O) groups is 2. The average molecular weight is 510 g/mol. The smallest absolute Gasteiger partial charge is 0.251 e. The second kappa shape index (κ2) is 13.1. The summed E-state index contributed by atoms with van der Waals surface area (Å²) in [5, 5.41) is 19.7. The van der Waals surface area contributed by atoms with Gasteiger partial charge in [-0.15, -0.1) is 0 Å². The number of carbonyl (C=O) groups excluding carboxylic acids is 2. The van der Waals surface area contributed by atoms with E-state index < -0.39 is 29.7 Å². The van der Waals surface area contributed by atoms with Crippen molar-refractivity contribution in [3.05, 3.63) is 100 Å². The molecule has 8 heteroatoms. The highest BCUT2D eigenvalue weighted by Crippen LogP contribution is 2.18. The van der Waals surface area contributed by atoms with Crippen molar-refractivity contribution in [2.24, 2.45) is 0 Å². The second-order valence-electron chi connectivity index (χ2n) is 9.14. The Morgan fingerprint density at radius 2 is 1.65 bits per heavy atom. The highest BCUT2D eigenvalue weighted by Gasteiger charge is 2.23. The number of halogens is 2. The zero-order valence-electron chi connectivity index (χ0n) is 21.3. The van der Waals surface area contributed by atoms with Crippen LogP contribution in [0.3, 0.4) is 0 Å². The molecule has 0 aromatic heterocycles. The van der Waals surface area contributed by atoms with Crippen molar-refractivity contribution in [2.45, 2.75) is 52.3 Å². The van der Waals surface area contributed by atoms with Crippen LogP contribution in [-0.2, 0) is 24.2 Å². The molecule has 4 N–H and O–H groups in total.